The fraction of sp³-hybridized carbons (Fsp3) is 0.211. The summed E-state index contributed by atoms with van der Waals surface area (Å²) in [7, 11) is 0. The monoisotopic (exact) mass is 390 g/mol. The molecule has 1 N–H and O–H groups in total. The number of nitrogens with one attached hydrogen (secondary N) is 1. The molecule has 1 atom stereocenters. The van der Waals surface area contributed by atoms with Gasteiger partial charge in [-0.25, -0.2) is 8.78 Å². The summed E-state index contributed by atoms with van der Waals surface area (Å²) in [6.45, 7) is 0.970. The van der Waals surface area contributed by atoms with Crippen LogP contribution in [0.2, 0.25) is 0 Å². The molecular formula is C19H16F2N2OS2. The van der Waals surface area contributed by atoms with Crippen LogP contribution in [0.4, 0.5) is 14.5 Å². The number of rotatable bonds is 4. The molecule has 0 radical (unpaired) electrons. The quantitative estimate of drug-likeness (QED) is 0.702. The van der Waals surface area contributed by atoms with E-state index in [0.717, 1.165) is 25.1 Å². The van der Waals surface area contributed by atoms with E-state index in [-0.39, 0.29) is 24.2 Å². The molecule has 26 heavy (non-hydrogen) atoms. The maximum absolute atomic E-state index is 13.3. The summed E-state index contributed by atoms with van der Waals surface area (Å²) in [6, 6.07) is 9.66. The van der Waals surface area contributed by atoms with Crippen LogP contribution in [0.1, 0.15) is 21.4 Å². The molecule has 1 aliphatic heterocycles. The van der Waals surface area contributed by atoms with Gasteiger partial charge in [-0.1, -0.05) is 6.07 Å². The predicted molar refractivity (Wildman–Crippen MR) is 101 cm³/mol. The van der Waals surface area contributed by atoms with Crippen LogP contribution >= 0.6 is 22.7 Å². The summed E-state index contributed by atoms with van der Waals surface area (Å²) in [5, 5.41) is 6.79. The second-order valence-corrected chi connectivity index (χ2v) is 8.09. The molecule has 3 aromatic rings. The van der Waals surface area contributed by atoms with Crippen molar-refractivity contribution < 1.29 is 13.6 Å². The van der Waals surface area contributed by atoms with E-state index in [2.05, 4.69) is 27.7 Å². The van der Waals surface area contributed by atoms with Crippen LogP contribution in [0, 0.1) is 11.6 Å². The number of hydrogen-bond donors (Lipinski definition) is 1. The Morgan fingerprint density at radius 2 is 2.04 bits per heavy atom. The summed E-state index contributed by atoms with van der Waals surface area (Å²) in [5.41, 5.74) is 1.51. The normalized spacial score (nSPS) is 17.1. The zero-order valence-corrected chi connectivity index (χ0v) is 15.4. The zero-order valence-electron chi connectivity index (χ0n) is 13.7. The van der Waals surface area contributed by atoms with E-state index in [4.69, 9.17) is 0 Å². The van der Waals surface area contributed by atoms with Crippen molar-refractivity contribution in [2.75, 3.05) is 18.4 Å². The Balaban J connectivity index is 1.53. The first-order valence-corrected chi connectivity index (χ1v) is 9.96. The van der Waals surface area contributed by atoms with E-state index < -0.39 is 11.6 Å². The van der Waals surface area contributed by atoms with Crippen molar-refractivity contribution in [3.63, 3.8) is 0 Å². The van der Waals surface area contributed by atoms with Gasteiger partial charge in [0.05, 0.1) is 12.6 Å². The SMILES string of the molecule is O=C(CN1CCc2sccc2[C@H]1c1cccs1)Nc1ccc(F)c(F)c1. The highest BCUT2D eigenvalue weighted by atomic mass is 32.1. The number of anilines is 1. The topological polar surface area (TPSA) is 32.3 Å². The Morgan fingerprint density at radius 3 is 2.81 bits per heavy atom. The highest BCUT2D eigenvalue weighted by molar-refractivity contribution is 7.10. The fourth-order valence-electron chi connectivity index (χ4n) is 3.28. The standard InChI is InChI=1S/C19H16F2N2OS2/c20-14-4-3-12(10-15(14)21)22-18(24)11-23-7-5-16-13(6-9-26-16)19(23)17-2-1-8-25-17/h1-4,6,8-10,19H,5,7,11H2,(H,22,24)/t19-/m0/s1. The molecule has 0 saturated heterocycles. The van der Waals surface area contributed by atoms with Crippen molar-refractivity contribution in [3.8, 4) is 0 Å². The molecule has 3 nitrogen and oxygen atoms in total. The van der Waals surface area contributed by atoms with E-state index >= 15 is 0 Å². The van der Waals surface area contributed by atoms with E-state index in [1.807, 2.05) is 11.4 Å². The lowest BCUT2D eigenvalue weighted by atomic mass is 9.98. The average molecular weight is 390 g/mol. The number of nitrogens with zero attached hydrogens (tertiary/aromatic N) is 1. The predicted octanol–water partition coefficient (Wildman–Crippen LogP) is 4.67. The maximum Gasteiger partial charge on any atom is 0.238 e. The number of fused-ring (bicyclic) bond motifs is 1. The first-order chi connectivity index (χ1) is 12.6. The highest BCUT2D eigenvalue weighted by Gasteiger charge is 2.31. The summed E-state index contributed by atoms with van der Waals surface area (Å²) < 4.78 is 26.4. The zero-order chi connectivity index (χ0) is 18.1. The largest absolute Gasteiger partial charge is 0.325 e. The van der Waals surface area contributed by atoms with Gasteiger partial charge in [-0.05, 0) is 47.0 Å². The Hall–Kier alpha value is -2.09. The number of amides is 1. The third-order valence-corrected chi connectivity index (χ3v) is 6.35. The van der Waals surface area contributed by atoms with Gasteiger partial charge in [0.15, 0.2) is 11.6 Å². The molecule has 1 aliphatic rings. The number of hydrogen-bond acceptors (Lipinski definition) is 4. The van der Waals surface area contributed by atoms with Crippen molar-refractivity contribution in [1.29, 1.82) is 0 Å². The second kappa shape index (κ2) is 7.26. The molecule has 0 fully saturated rings. The minimum atomic E-state index is -0.972. The molecule has 1 aromatic carbocycles. The van der Waals surface area contributed by atoms with Crippen molar-refractivity contribution in [2.45, 2.75) is 12.5 Å². The molecule has 0 spiro atoms. The van der Waals surface area contributed by atoms with Crippen molar-refractivity contribution in [2.24, 2.45) is 0 Å². The molecule has 134 valence electrons. The smallest absolute Gasteiger partial charge is 0.238 e. The van der Waals surface area contributed by atoms with Gasteiger partial charge >= 0.3 is 0 Å². The molecule has 0 saturated carbocycles. The average Bonchev–Trinajstić information content (AvgIpc) is 3.29. The van der Waals surface area contributed by atoms with Gasteiger partial charge in [-0.3, -0.25) is 9.69 Å². The third-order valence-electron chi connectivity index (χ3n) is 4.43. The maximum atomic E-state index is 13.3. The lowest BCUT2D eigenvalue weighted by Gasteiger charge is -2.34. The van der Waals surface area contributed by atoms with Crippen LogP contribution in [0.15, 0.2) is 47.2 Å². The van der Waals surface area contributed by atoms with Gasteiger partial charge in [0.25, 0.3) is 0 Å². The van der Waals surface area contributed by atoms with Crippen LogP contribution in [0.25, 0.3) is 0 Å². The molecule has 3 heterocycles. The molecular weight excluding hydrogens is 374 g/mol. The summed E-state index contributed by atoms with van der Waals surface area (Å²) in [4.78, 5) is 17.2. The first-order valence-electron chi connectivity index (χ1n) is 8.20. The number of thiophene rings is 2. The second-order valence-electron chi connectivity index (χ2n) is 6.11. The molecule has 0 bridgehead atoms. The Bertz CT molecular complexity index is 924. The molecule has 0 aliphatic carbocycles. The van der Waals surface area contributed by atoms with Crippen LogP contribution in [-0.4, -0.2) is 23.9 Å². The van der Waals surface area contributed by atoms with Gasteiger partial charge in [0, 0.05) is 28.1 Å². The van der Waals surface area contributed by atoms with E-state index in [1.54, 1.807) is 22.7 Å². The molecule has 0 unspecified atom stereocenters. The first kappa shape index (κ1) is 17.3. The van der Waals surface area contributed by atoms with E-state index in [1.165, 1.54) is 21.4 Å². The summed E-state index contributed by atoms with van der Waals surface area (Å²) in [6.07, 6.45) is 0.910. The summed E-state index contributed by atoms with van der Waals surface area (Å²) >= 11 is 3.43. The molecule has 1 amide bonds. The fourth-order valence-corrected chi connectivity index (χ4v) is 5.06. The third kappa shape index (κ3) is 3.42. The van der Waals surface area contributed by atoms with Gasteiger partial charge in [-0.2, -0.15) is 0 Å². The molecule has 4 rings (SSSR count). The van der Waals surface area contributed by atoms with Crippen LogP contribution in [0.5, 0.6) is 0 Å². The van der Waals surface area contributed by atoms with Crippen molar-refractivity contribution in [3.05, 3.63) is 74.1 Å². The van der Waals surface area contributed by atoms with Crippen LogP contribution < -0.4 is 5.32 Å². The van der Waals surface area contributed by atoms with E-state index in [9.17, 15) is 13.6 Å². The minimum absolute atomic E-state index is 0.0562. The molecule has 7 heteroatoms. The van der Waals surface area contributed by atoms with Crippen molar-refractivity contribution >= 4 is 34.3 Å². The van der Waals surface area contributed by atoms with Gasteiger partial charge in [0.2, 0.25) is 5.91 Å². The van der Waals surface area contributed by atoms with Gasteiger partial charge in [0.1, 0.15) is 0 Å². The minimum Gasteiger partial charge on any atom is -0.325 e. The Labute approximate surface area is 157 Å². The molecule has 2 aromatic heterocycles. The Kier molecular flexibility index (Phi) is 4.84. The summed E-state index contributed by atoms with van der Waals surface area (Å²) in [5.74, 6) is -2.14. The van der Waals surface area contributed by atoms with Gasteiger partial charge < -0.3 is 5.32 Å². The Morgan fingerprint density at radius 1 is 1.15 bits per heavy atom. The number of benzene rings is 1. The van der Waals surface area contributed by atoms with E-state index in [0.29, 0.717) is 0 Å². The lowest BCUT2D eigenvalue weighted by molar-refractivity contribution is -0.117. The highest BCUT2D eigenvalue weighted by Crippen LogP contribution is 2.39. The number of carbonyl (C=O) groups excluding carboxylic acids is 1. The van der Waals surface area contributed by atoms with Crippen molar-refractivity contribution in [1.82, 2.24) is 4.90 Å². The number of halogens is 2. The number of carbonyl (C=O) groups is 1. The lowest BCUT2D eigenvalue weighted by Crippen LogP contribution is -2.40. The van der Waals surface area contributed by atoms with Gasteiger partial charge in [-0.15, -0.1) is 22.7 Å². The van der Waals surface area contributed by atoms with Crippen LogP contribution in [0.3, 0.4) is 0 Å². The van der Waals surface area contributed by atoms with Crippen LogP contribution in [-0.2, 0) is 11.2 Å².